The third kappa shape index (κ3) is 3.28. The molecule has 0 spiro atoms. The molecule has 0 amide bonds. The van der Waals surface area contributed by atoms with Crippen molar-refractivity contribution in [2.75, 3.05) is 13.7 Å². The zero-order valence-electron chi connectivity index (χ0n) is 16.1. The minimum atomic E-state index is 0.428. The predicted molar refractivity (Wildman–Crippen MR) is 115 cm³/mol. The molecule has 28 heavy (non-hydrogen) atoms. The van der Waals surface area contributed by atoms with E-state index in [2.05, 4.69) is 89.8 Å². The number of ether oxygens (including phenoxy) is 1. The average Bonchev–Trinajstić information content (AvgIpc) is 3.33. The third-order valence-corrected chi connectivity index (χ3v) is 9.47. The third-order valence-electron chi connectivity index (χ3n) is 6.09. The molecule has 1 aliphatic heterocycles. The van der Waals surface area contributed by atoms with Gasteiger partial charge in [0.25, 0.3) is 0 Å². The van der Waals surface area contributed by atoms with Gasteiger partial charge in [0.1, 0.15) is 0 Å². The van der Waals surface area contributed by atoms with Gasteiger partial charge in [0.15, 0.2) is 0 Å². The summed E-state index contributed by atoms with van der Waals surface area (Å²) in [5, 5.41) is 0. The van der Waals surface area contributed by atoms with Gasteiger partial charge in [-0.05, 0) is 0 Å². The molecule has 1 heterocycles. The van der Waals surface area contributed by atoms with Crippen LogP contribution in [0.3, 0.4) is 0 Å². The zero-order chi connectivity index (χ0) is 19.0. The SMILES string of the molecule is COc1ccc([C@@H]2N(Cc3ccccc3)C[C@@H]3C[C@@]32[Se]c2ccccc2)cc1. The van der Waals surface area contributed by atoms with Crippen molar-refractivity contribution in [2.24, 2.45) is 5.92 Å². The van der Waals surface area contributed by atoms with Crippen molar-refractivity contribution < 1.29 is 4.74 Å². The zero-order valence-corrected chi connectivity index (χ0v) is 17.8. The van der Waals surface area contributed by atoms with E-state index in [1.807, 2.05) is 0 Å². The van der Waals surface area contributed by atoms with Crippen molar-refractivity contribution in [3.63, 3.8) is 0 Å². The Labute approximate surface area is 173 Å². The van der Waals surface area contributed by atoms with Gasteiger partial charge in [0, 0.05) is 0 Å². The Hall–Kier alpha value is -2.06. The van der Waals surface area contributed by atoms with Crippen LogP contribution >= 0.6 is 0 Å². The van der Waals surface area contributed by atoms with E-state index in [9.17, 15) is 0 Å². The first-order valence-corrected chi connectivity index (χ1v) is 11.7. The van der Waals surface area contributed by atoms with E-state index in [0.29, 0.717) is 25.3 Å². The van der Waals surface area contributed by atoms with Crippen molar-refractivity contribution >= 4 is 19.4 Å². The van der Waals surface area contributed by atoms with Crippen LogP contribution in [-0.4, -0.2) is 33.5 Å². The monoisotopic (exact) mass is 435 g/mol. The van der Waals surface area contributed by atoms with Crippen LogP contribution in [0.25, 0.3) is 0 Å². The van der Waals surface area contributed by atoms with Gasteiger partial charge in [-0.2, -0.15) is 0 Å². The first-order chi connectivity index (χ1) is 13.8. The standard InChI is InChI=1S/C25H25NOSe/c1-27-22-14-12-20(13-15-22)24-25(28-23-10-6-3-7-11-23)16-21(25)18-26(24)17-19-8-4-2-5-9-19/h2-15,21,24H,16-18H2,1H3/t21-,24-,25+/m0/s1. The molecule has 3 aromatic carbocycles. The van der Waals surface area contributed by atoms with Gasteiger partial charge in [-0.1, -0.05) is 0 Å². The molecule has 2 nitrogen and oxygen atoms in total. The van der Waals surface area contributed by atoms with Crippen LogP contribution < -0.4 is 9.20 Å². The van der Waals surface area contributed by atoms with Gasteiger partial charge in [0.05, 0.1) is 0 Å². The summed E-state index contributed by atoms with van der Waals surface area (Å²) in [5.41, 5.74) is 2.85. The van der Waals surface area contributed by atoms with Crippen LogP contribution in [0.5, 0.6) is 5.75 Å². The van der Waals surface area contributed by atoms with E-state index in [-0.39, 0.29) is 0 Å². The fourth-order valence-electron chi connectivity index (χ4n) is 4.72. The maximum atomic E-state index is 5.40. The van der Waals surface area contributed by atoms with E-state index in [4.69, 9.17) is 4.74 Å². The van der Waals surface area contributed by atoms with Crippen LogP contribution in [0, 0.1) is 5.92 Å². The fraction of sp³-hybridized carbons (Fsp3) is 0.280. The van der Waals surface area contributed by atoms with Crippen molar-refractivity contribution in [2.45, 2.75) is 23.3 Å². The molecule has 2 aliphatic rings. The second-order valence-electron chi connectivity index (χ2n) is 7.86. The van der Waals surface area contributed by atoms with Gasteiger partial charge in [0.2, 0.25) is 0 Å². The number of hydrogen-bond donors (Lipinski definition) is 0. The van der Waals surface area contributed by atoms with E-state index in [0.717, 1.165) is 18.2 Å². The Morgan fingerprint density at radius 2 is 1.61 bits per heavy atom. The number of rotatable bonds is 6. The maximum absolute atomic E-state index is 5.40. The summed E-state index contributed by atoms with van der Waals surface area (Å²) < 4.78 is 7.36. The molecule has 1 saturated carbocycles. The molecule has 3 aromatic rings. The Bertz CT molecular complexity index is 928. The molecule has 0 radical (unpaired) electrons. The predicted octanol–water partition coefficient (Wildman–Crippen LogP) is 4.46. The van der Waals surface area contributed by atoms with E-state index >= 15 is 0 Å². The van der Waals surface area contributed by atoms with Crippen LogP contribution in [0.1, 0.15) is 23.6 Å². The van der Waals surface area contributed by atoms with Crippen molar-refractivity contribution in [3.05, 3.63) is 96.1 Å². The Kier molecular flexibility index (Phi) is 4.76. The van der Waals surface area contributed by atoms with Gasteiger partial charge in [-0.3, -0.25) is 0 Å². The van der Waals surface area contributed by atoms with Crippen molar-refractivity contribution in [1.82, 2.24) is 4.90 Å². The topological polar surface area (TPSA) is 12.5 Å². The molecule has 142 valence electrons. The summed E-state index contributed by atoms with van der Waals surface area (Å²) in [6.45, 7) is 2.24. The van der Waals surface area contributed by atoms with Crippen LogP contribution in [-0.2, 0) is 6.54 Å². The molecule has 2 fully saturated rings. The molecule has 5 rings (SSSR count). The molecule has 0 N–H and O–H groups in total. The van der Waals surface area contributed by atoms with E-state index < -0.39 is 0 Å². The Morgan fingerprint density at radius 1 is 0.929 bits per heavy atom. The van der Waals surface area contributed by atoms with Crippen molar-refractivity contribution in [1.29, 1.82) is 0 Å². The molecule has 3 heteroatoms. The number of nitrogens with zero attached hydrogens (tertiary/aromatic N) is 1. The molecule has 1 aliphatic carbocycles. The summed E-state index contributed by atoms with van der Waals surface area (Å²) in [7, 11) is 1.74. The normalized spacial score (nSPS) is 26.0. The Balaban J connectivity index is 1.48. The van der Waals surface area contributed by atoms with Crippen LogP contribution in [0.4, 0.5) is 0 Å². The molecular formula is C25H25NOSe. The number of piperidine rings is 1. The van der Waals surface area contributed by atoms with E-state index in [1.54, 1.807) is 7.11 Å². The summed E-state index contributed by atoms with van der Waals surface area (Å²) >= 11 is 0.481. The first kappa shape index (κ1) is 18.0. The summed E-state index contributed by atoms with van der Waals surface area (Å²) in [6, 6.07) is 31.3. The minimum absolute atomic E-state index is 0.428. The molecule has 3 atom stereocenters. The summed E-state index contributed by atoms with van der Waals surface area (Å²) in [5.74, 6) is 1.76. The molecule has 0 aromatic heterocycles. The Morgan fingerprint density at radius 3 is 2.29 bits per heavy atom. The summed E-state index contributed by atoms with van der Waals surface area (Å²) in [6.07, 6.45) is 1.36. The second kappa shape index (κ2) is 7.40. The fourth-order valence-corrected chi connectivity index (χ4v) is 8.19. The molecule has 0 unspecified atom stereocenters. The number of hydrogen-bond acceptors (Lipinski definition) is 2. The van der Waals surface area contributed by atoms with Crippen molar-refractivity contribution in [3.8, 4) is 5.75 Å². The first-order valence-electron chi connectivity index (χ1n) is 9.94. The number of methoxy groups -OCH3 is 1. The summed E-state index contributed by atoms with van der Waals surface area (Å²) in [4.78, 5) is 2.72. The van der Waals surface area contributed by atoms with Gasteiger partial charge >= 0.3 is 174 Å². The van der Waals surface area contributed by atoms with Gasteiger partial charge in [-0.25, -0.2) is 0 Å². The van der Waals surface area contributed by atoms with E-state index in [1.165, 1.54) is 28.6 Å². The van der Waals surface area contributed by atoms with Crippen LogP contribution in [0.2, 0.25) is 4.31 Å². The number of likely N-dealkylation sites (tertiary alicyclic amines) is 1. The second-order valence-corrected chi connectivity index (χ2v) is 10.9. The number of benzene rings is 3. The molecular weight excluding hydrogens is 409 g/mol. The average molecular weight is 434 g/mol. The van der Waals surface area contributed by atoms with Gasteiger partial charge < -0.3 is 0 Å². The quantitative estimate of drug-likeness (QED) is 0.532. The molecule has 0 bridgehead atoms. The van der Waals surface area contributed by atoms with Gasteiger partial charge in [-0.15, -0.1) is 0 Å². The molecule has 1 saturated heterocycles. The van der Waals surface area contributed by atoms with Crippen LogP contribution in [0.15, 0.2) is 84.9 Å². The number of fused-ring (bicyclic) bond motifs is 1.